The molecule has 0 aliphatic rings. The highest BCUT2D eigenvalue weighted by atomic mass is 16.7. The lowest BCUT2D eigenvalue weighted by molar-refractivity contribution is -0.0810. The van der Waals surface area contributed by atoms with Crippen molar-refractivity contribution in [2.45, 2.75) is 25.7 Å². The summed E-state index contributed by atoms with van der Waals surface area (Å²) >= 11 is 0. The van der Waals surface area contributed by atoms with Crippen LogP contribution in [0.5, 0.6) is 5.75 Å². The Kier molecular flexibility index (Phi) is 10.8. The molecule has 6 nitrogen and oxygen atoms in total. The van der Waals surface area contributed by atoms with E-state index in [0.717, 1.165) is 16.9 Å². The Balaban J connectivity index is 2.45. The van der Waals surface area contributed by atoms with Crippen LogP contribution in [0.25, 0.3) is 0 Å². The van der Waals surface area contributed by atoms with E-state index in [1.54, 1.807) is 13.2 Å². The smallest absolute Gasteiger partial charge is 0.146 e. The van der Waals surface area contributed by atoms with Gasteiger partial charge in [0.2, 0.25) is 0 Å². The van der Waals surface area contributed by atoms with Gasteiger partial charge in [0.25, 0.3) is 0 Å². The molecule has 0 aliphatic heterocycles. The maximum atomic E-state index is 9.96. The van der Waals surface area contributed by atoms with Crippen LogP contribution in [0.4, 0.5) is 0 Å². The molecule has 0 fully saturated rings. The molecule has 26 heavy (non-hydrogen) atoms. The molecule has 3 atom stereocenters. The Hall–Kier alpha value is -1.70. The fourth-order valence-corrected chi connectivity index (χ4v) is 2.11. The van der Waals surface area contributed by atoms with Gasteiger partial charge in [-0.15, -0.1) is 0 Å². The number of methoxy groups -OCH3 is 2. The van der Waals surface area contributed by atoms with Crippen LogP contribution >= 0.6 is 0 Å². The summed E-state index contributed by atoms with van der Waals surface area (Å²) in [6.07, 6.45) is 1.28. The Bertz CT molecular complexity index is 540. The fourth-order valence-electron chi connectivity index (χ4n) is 2.11. The zero-order chi connectivity index (χ0) is 19.4. The van der Waals surface area contributed by atoms with Gasteiger partial charge in [0.05, 0.1) is 26.9 Å². The molecule has 0 spiro atoms. The molecule has 0 saturated carbocycles. The summed E-state index contributed by atoms with van der Waals surface area (Å²) in [5.41, 5.74) is 1.95. The third-order valence-corrected chi connectivity index (χ3v) is 3.78. The molecule has 6 heteroatoms. The zero-order valence-electron chi connectivity index (χ0n) is 15.8. The Morgan fingerprint density at radius 1 is 1.08 bits per heavy atom. The Morgan fingerprint density at radius 2 is 1.77 bits per heavy atom. The normalized spacial score (nSPS) is 15.0. The molecule has 1 aromatic rings. The average molecular weight is 366 g/mol. The molecular formula is C20H30O6. The van der Waals surface area contributed by atoms with E-state index in [1.807, 2.05) is 31.2 Å². The van der Waals surface area contributed by atoms with Crippen molar-refractivity contribution in [1.82, 2.24) is 0 Å². The second-order valence-corrected chi connectivity index (χ2v) is 6.04. The zero-order valence-corrected chi connectivity index (χ0v) is 15.8. The van der Waals surface area contributed by atoms with Crippen molar-refractivity contribution >= 4 is 0 Å². The first-order valence-electron chi connectivity index (χ1n) is 8.45. The van der Waals surface area contributed by atoms with Crippen molar-refractivity contribution in [3.05, 3.63) is 54.1 Å². The van der Waals surface area contributed by atoms with E-state index >= 15 is 0 Å². The molecule has 0 heterocycles. The van der Waals surface area contributed by atoms with Gasteiger partial charge in [-0.25, -0.2) is 0 Å². The van der Waals surface area contributed by atoms with Crippen molar-refractivity contribution in [3.8, 4) is 5.75 Å². The van der Waals surface area contributed by atoms with Gasteiger partial charge in [-0.05, 0) is 24.6 Å². The van der Waals surface area contributed by atoms with E-state index in [4.69, 9.17) is 18.9 Å². The standard InChI is InChI=1S/C20H30O6/c1-15(2)17(7-10-19(21)20(22)13-26-14-23-3)12-25-11-16-5-8-18(24-4)9-6-16/h5-10,17,19-22H,1,11-14H2,2-4H3/b10-7+/t17-,19+,20-/m1/s1. The van der Waals surface area contributed by atoms with Crippen molar-refractivity contribution < 1.29 is 29.2 Å². The maximum Gasteiger partial charge on any atom is 0.146 e. The van der Waals surface area contributed by atoms with E-state index in [0.29, 0.717) is 13.2 Å². The number of aliphatic hydroxyl groups is 2. The Morgan fingerprint density at radius 3 is 2.35 bits per heavy atom. The van der Waals surface area contributed by atoms with Crippen LogP contribution in [-0.2, 0) is 20.8 Å². The van der Waals surface area contributed by atoms with Gasteiger partial charge in [0.15, 0.2) is 0 Å². The second kappa shape index (κ2) is 12.6. The van der Waals surface area contributed by atoms with Gasteiger partial charge in [0.1, 0.15) is 24.8 Å². The first kappa shape index (κ1) is 22.3. The van der Waals surface area contributed by atoms with Crippen molar-refractivity contribution in [2.75, 3.05) is 34.2 Å². The molecule has 0 aliphatic carbocycles. The fraction of sp³-hybridized carbons (Fsp3) is 0.500. The quantitative estimate of drug-likeness (QED) is 0.317. The molecular weight excluding hydrogens is 336 g/mol. The van der Waals surface area contributed by atoms with Gasteiger partial charge in [-0.1, -0.05) is 36.4 Å². The van der Waals surface area contributed by atoms with E-state index < -0.39 is 12.2 Å². The highest BCUT2D eigenvalue weighted by Gasteiger charge is 2.14. The largest absolute Gasteiger partial charge is 0.497 e. The molecule has 0 saturated heterocycles. The molecule has 0 bridgehead atoms. The third kappa shape index (κ3) is 8.60. The van der Waals surface area contributed by atoms with Crippen LogP contribution in [0.2, 0.25) is 0 Å². The Labute approximate surface area is 155 Å². The van der Waals surface area contributed by atoms with Crippen LogP contribution in [0.3, 0.4) is 0 Å². The van der Waals surface area contributed by atoms with E-state index in [-0.39, 0.29) is 19.3 Å². The lowest BCUT2D eigenvalue weighted by Crippen LogP contribution is -2.29. The van der Waals surface area contributed by atoms with E-state index in [9.17, 15) is 10.2 Å². The van der Waals surface area contributed by atoms with E-state index in [1.165, 1.54) is 13.2 Å². The molecule has 1 aromatic carbocycles. The van der Waals surface area contributed by atoms with Crippen molar-refractivity contribution in [2.24, 2.45) is 5.92 Å². The molecule has 0 aromatic heterocycles. The first-order chi connectivity index (χ1) is 12.5. The first-order valence-corrected chi connectivity index (χ1v) is 8.45. The summed E-state index contributed by atoms with van der Waals surface area (Å²) in [6, 6.07) is 7.67. The van der Waals surface area contributed by atoms with Crippen LogP contribution in [0, 0.1) is 5.92 Å². The average Bonchev–Trinajstić information content (AvgIpc) is 2.64. The molecule has 0 unspecified atom stereocenters. The minimum atomic E-state index is -1.03. The van der Waals surface area contributed by atoms with Gasteiger partial charge in [-0.3, -0.25) is 0 Å². The number of rotatable bonds is 13. The predicted molar refractivity (Wildman–Crippen MR) is 99.9 cm³/mol. The molecule has 1 rings (SSSR count). The lowest BCUT2D eigenvalue weighted by atomic mass is 10.0. The van der Waals surface area contributed by atoms with Gasteiger partial charge >= 0.3 is 0 Å². The van der Waals surface area contributed by atoms with Crippen LogP contribution in [0.1, 0.15) is 12.5 Å². The monoisotopic (exact) mass is 366 g/mol. The summed E-state index contributed by atoms with van der Waals surface area (Å²) in [7, 11) is 3.12. The number of ether oxygens (including phenoxy) is 4. The van der Waals surface area contributed by atoms with Crippen LogP contribution in [-0.4, -0.2) is 56.6 Å². The number of aliphatic hydroxyl groups excluding tert-OH is 2. The van der Waals surface area contributed by atoms with E-state index in [2.05, 4.69) is 6.58 Å². The highest BCUT2D eigenvalue weighted by molar-refractivity contribution is 5.26. The third-order valence-electron chi connectivity index (χ3n) is 3.78. The van der Waals surface area contributed by atoms with Crippen molar-refractivity contribution in [3.63, 3.8) is 0 Å². The number of benzene rings is 1. The molecule has 2 N–H and O–H groups in total. The summed E-state index contributed by atoms with van der Waals surface area (Å²) in [5, 5.41) is 19.8. The lowest BCUT2D eigenvalue weighted by Gasteiger charge is -2.17. The molecule has 0 radical (unpaired) electrons. The van der Waals surface area contributed by atoms with Crippen LogP contribution in [0.15, 0.2) is 48.6 Å². The predicted octanol–water partition coefficient (Wildman–Crippen LogP) is 2.30. The highest BCUT2D eigenvalue weighted by Crippen LogP contribution is 2.15. The van der Waals surface area contributed by atoms with Gasteiger partial charge in [-0.2, -0.15) is 0 Å². The summed E-state index contributed by atoms with van der Waals surface area (Å²) in [5.74, 6) is 0.744. The van der Waals surface area contributed by atoms with Gasteiger partial charge in [0, 0.05) is 13.0 Å². The van der Waals surface area contributed by atoms with Crippen molar-refractivity contribution in [1.29, 1.82) is 0 Å². The molecule has 0 amide bonds. The molecule has 146 valence electrons. The summed E-state index contributed by atoms with van der Waals surface area (Å²) < 4.78 is 20.6. The maximum absolute atomic E-state index is 9.96. The van der Waals surface area contributed by atoms with Gasteiger partial charge < -0.3 is 29.2 Å². The minimum absolute atomic E-state index is 0.00887. The van der Waals surface area contributed by atoms with Crippen LogP contribution < -0.4 is 4.74 Å². The topological polar surface area (TPSA) is 77.4 Å². The summed E-state index contributed by atoms with van der Waals surface area (Å²) in [6.45, 7) is 6.82. The minimum Gasteiger partial charge on any atom is -0.497 e. The summed E-state index contributed by atoms with van der Waals surface area (Å²) in [4.78, 5) is 0. The second-order valence-electron chi connectivity index (χ2n) is 6.04. The number of hydrogen-bond acceptors (Lipinski definition) is 6. The number of hydrogen-bond donors (Lipinski definition) is 2. The SMILES string of the molecule is C=C(C)[C@H](/C=C/[C@H](O)[C@H](O)COCOC)COCc1ccc(OC)cc1.